The van der Waals surface area contributed by atoms with Crippen molar-refractivity contribution in [2.45, 2.75) is 136 Å². The van der Waals surface area contributed by atoms with Crippen LogP contribution in [0.15, 0.2) is 24.3 Å². The molecule has 0 aliphatic carbocycles. The molecule has 0 fully saturated rings. The second-order valence-electron chi connectivity index (χ2n) is 9.43. The smallest absolute Gasteiger partial charge is 0.410 e. The fourth-order valence-electron chi connectivity index (χ4n) is 4.75. The Kier molecular flexibility index (Phi) is 16.1. The van der Waals surface area contributed by atoms with Gasteiger partial charge in [-0.3, -0.25) is 10.1 Å². The summed E-state index contributed by atoms with van der Waals surface area (Å²) >= 11 is 0. The first-order valence-corrected chi connectivity index (χ1v) is 13.7. The minimum absolute atomic E-state index is 0.00352. The molecule has 2 unspecified atom stereocenters. The summed E-state index contributed by atoms with van der Waals surface area (Å²) in [5.74, 6) is 0. The van der Waals surface area contributed by atoms with E-state index in [1.807, 2.05) is 4.90 Å². The van der Waals surface area contributed by atoms with Crippen LogP contribution in [-0.2, 0) is 11.3 Å². The van der Waals surface area contributed by atoms with Crippen LogP contribution in [0.5, 0.6) is 0 Å². The molecule has 6 heteroatoms. The molecule has 0 bridgehead atoms. The SMILES string of the molecule is CCCCCCC(CCC)N(C(=O)OCc1ccccc1[N+](=O)[O-])C(CCC)CCCCCC. The number of carbonyl (C=O) groups excluding carboxylic acids is 1. The number of hydrogen-bond acceptors (Lipinski definition) is 4. The van der Waals surface area contributed by atoms with E-state index in [9.17, 15) is 14.9 Å². The summed E-state index contributed by atoms with van der Waals surface area (Å²) in [7, 11) is 0. The Balaban J connectivity index is 3.07. The topological polar surface area (TPSA) is 72.7 Å². The van der Waals surface area contributed by atoms with Crippen molar-refractivity contribution < 1.29 is 14.5 Å². The molecular formula is C28H48N2O4. The highest BCUT2D eigenvalue weighted by molar-refractivity contribution is 5.68. The summed E-state index contributed by atoms with van der Waals surface area (Å²) in [6, 6.07) is 6.82. The van der Waals surface area contributed by atoms with Crippen LogP contribution >= 0.6 is 0 Å². The predicted molar refractivity (Wildman–Crippen MR) is 140 cm³/mol. The largest absolute Gasteiger partial charge is 0.444 e. The van der Waals surface area contributed by atoms with Gasteiger partial charge >= 0.3 is 6.09 Å². The Morgan fingerprint density at radius 3 is 1.82 bits per heavy atom. The average molecular weight is 477 g/mol. The molecule has 1 aromatic rings. The van der Waals surface area contributed by atoms with Gasteiger partial charge in [0.2, 0.25) is 0 Å². The summed E-state index contributed by atoms with van der Waals surface area (Å²) in [4.78, 5) is 26.5. The van der Waals surface area contributed by atoms with Crippen LogP contribution in [0.2, 0.25) is 0 Å². The molecule has 0 saturated carbocycles. The van der Waals surface area contributed by atoms with Crippen LogP contribution in [-0.4, -0.2) is 28.0 Å². The maximum Gasteiger partial charge on any atom is 0.410 e. The zero-order valence-corrected chi connectivity index (χ0v) is 22.1. The van der Waals surface area contributed by atoms with Crippen LogP contribution in [0, 0.1) is 10.1 Å². The highest BCUT2D eigenvalue weighted by Gasteiger charge is 2.31. The minimum atomic E-state index is -0.415. The van der Waals surface area contributed by atoms with E-state index in [1.54, 1.807) is 18.2 Å². The molecule has 34 heavy (non-hydrogen) atoms. The van der Waals surface area contributed by atoms with Gasteiger partial charge < -0.3 is 9.64 Å². The van der Waals surface area contributed by atoms with Gasteiger partial charge in [-0.25, -0.2) is 4.79 Å². The Hall–Kier alpha value is -2.11. The third-order valence-electron chi connectivity index (χ3n) is 6.56. The number of nitro benzene ring substituents is 1. The molecule has 6 nitrogen and oxygen atoms in total. The van der Waals surface area contributed by atoms with E-state index >= 15 is 0 Å². The van der Waals surface area contributed by atoms with Crippen molar-refractivity contribution in [2.24, 2.45) is 0 Å². The van der Waals surface area contributed by atoms with E-state index in [0.29, 0.717) is 5.56 Å². The lowest BCUT2D eigenvalue weighted by Gasteiger charge is -2.38. The highest BCUT2D eigenvalue weighted by Crippen LogP contribution is 2.26. The van der Waals surface area contributed by atoms with Gasteiger partial charge in [-0.1, -0.05) is 104 Å². The Bertz CT molecular complexity index is 673. The average Bonchev–Trinajstić information content (AvgIpc) is 2.83. The normalized spacial score (nSPS) is 12.8. The van der Waals surface area contributed by atoms with Crippen molar-refractivity contribution in [2.75, 3.05) is 0 Å². The molecule has 1 rings (SSSR count). The molecule has 0 N–H and O–H groups in total. The number of ether oxygens (including phenoxy) is 1. The number of rotatable bonds is 19. The summed E-state index contributed by atoms with van der Waals surface area (Å²) < 4.78 is 5.77. The van der Waals surface area contributed by atoms with Crippen molar-refractivity contribution in [3.05, 3.63) is 39.9 Å². The Morgan fingerprint density at radius 2 is 1.35 bits per heavy atom. The number of para-hydroxylation sites is 1. The van der Waals surface area contributed by atoms with Crippen molar-refractivity contribution >= 4 is 11.8 Å². The second kappa shape index (κ2) is 18.2. The second-order valence-corrected chi connectivity index (χ2v) is 9.43. The van der Waals surface area contributed by atoms with E-state index in [1.165, 1.54) is 44.6 Å². The molecule has 0 spiro atoms. The molecule has 0 aromatic heterocycles. The van der Waals surface area contributed by atoms with E-state index in [-0.39, 0.29) is 30.5 Å². The fourth-order valence-corrected chi connectivity index (χ4v) is 4.75. The van der Waals surface area contributed by atoms with Gasteiger partial charge in [0.1, 0.15) is 6.61 Å². The Morgan fingerprint density at radius 1 is 0.824 bits per heavy atom. The van der Waals surface area contributed by atoms with Crippen LogP contribution in [0.25, 0.3) is 0 Å². The first-order valence-electron chi connectivity index (χ1n) is 13.7. The molecule has 194 valence electrons. The van der Waals surface area contributed by atoms with Crippen molar-refractivity contribution in [1.82, 2.24) is 4.90 Å². The fraction of sp³-hybridized carbons (Fsp3) is 0.750. The van der Waals surface area contributed by atoms with E-state index in [0.717, 1.165) is 51.4 Å². The molecule has 0 heterocycles. The summed E-state index contributed by atoms with van der Waals surface area (Å²) in [5.41, 5.74) is 0.432. The number of hydrogen-bond donors (Lipinski definition) is 0. The van der Waals surface area contributed by atoms with Gasteiger partial charge in [0.15, 0.2) is 0 Å². The van der Waals surface area contributed by atoms with Gasteiger partial charge in [-0.05, 0) is 31.7 Å². The number of amides is 1. The first kappa shape index (κ1) is 29.9. The van der Waals surface area contributed by atoms with Crippen molar-refractivity contribution in [3.8, 4) is 0 Å². The third-order valence-corrected chi connectivity index (χ3v) is 6.56. The number of nitrogens with zero attached hydrogens (tertiary/aromatic N) is 2. The summed E-state index contributed by atoms with van der Waals surface area (Å²) in [5, 5.41) is 11.4. The molecule has 2 atom stereocenters. The highest BCUT2D eigenvalue weighted by atomic mass is 16.6. The molecule has 0 saturated heterocycles. The predicted octanol–water partition coefficient (Wildman–Crippen LogP) is 8.81. The van der Waals surface area contributed by atoms with Crippen molar-refractivity contribution in [1.29, 1.82) is 0 Å². The lowest BCUT2D eigenvalue weighted by molar-refractivity contribution is -0.385. The van der Waals surface area contributed by atoms with Crippen LogP contribution in [0.4, 0.5) is 10.5 Å². The molecule has 1 aromatic carbocycles. The lowest BCUT2D eigenvalue weighted by atomic mass is 9.96. The number of nitro groups is 1. The van der Waals surface area contributed by atoms with Gasteiger partial charge in [-0.15, -0.1) is 0 Å². The molecular weight excluding hydrogens is 428 g/mol. The summed E-state index contributed by atoms with van der Waals surface area (Å²) in [6.07, 6.45) is 15.0. The maximum atomic E-state index is 13.5. The third kappa shape index (κ3) is 10.9. The number of carbonyl (C=O) groups is 1. The number of unbranched alkanes of at least 4 members (excludes halogenated alkanes) is 6. The zero-order valence-electron chi connectivity index (χ0n) is 22.1. The maximum absolute atomic E-state index is 13.5. The monoisotopic (exact) mass is 476 g/mol. The van der Waals surface area contributed by atoms with E-state index in [4.69, 9.17) is 4.74 Å². The van der Waals surface area contributed by atoms with Gasteiger partial charge in [-0.2, -0.15) is 0 Å². The molecule has 0 aliphatic rings. The van der Waals surface area contributed by atoms with Gasteiger partial charge in [0, 0.05) is 18.2 Å². The first-order chi connectivity index (χ1) is 16.5. The number of benzene rings is 1. The van der Waals surface area contributed by atoms with Crippen LogP contribution in [0.3, 0.4) is 0 Å². The standard InChI is InChI=1S/C28H48N2O4/c1-5-9-11-13-20-25(17-7-3)29(26(18-8-4)21-14-12-10-6-2)28(31)34-23-24-19-15-16-22-27(24)30(32)33/h15-16,19,22,25-26H,5-14,17-18,20-21,23H2,1-4H3. The van der Waals surface area contributed by atoms with Gasteiger partial charge in [0.05, 0.1) is 10.5 Å². The molecule has 0 aliphatic heterocycles. The van der Waals surface area contributed by atoms with E-state index in [2.05, 4.69) is 27.7 Å². The minimum Gasteiger partial charge on any atom is -0.444 e. The zero-order chi connectivity index (χ0) is 25.2. The molecule has 1 amide bonds. The quantitative estimate of drug-likeness (QED) is 0.114. The van der Waals surface area contributed by atoms with Crippen LogP contribution in [0.1, 0.15) is 123 Å². The Labute approximate surface area is 207 Å². The van der Waals surface area contributed by atoms with Crippen molar-refractivity contribution in [3.63, 3.8) is 0 Å². The van der Waals surface area contributed by atoms with E-state index < -0.39 is 4.92 Å². The van der Waals surface area contributed by atoms with Crippen LogP contribution < -0.4 is 0 Å². The summed E-state index contributed by atoms with van der Waals surface area (Å²) in [6.45, 7) is 8.70. The van der Waals surface area contributed by atoms with Gasteiger partial charge in [0.25, 0.3) is 5.69 Å². The molecule has 0 radical (unpaired) electrons. The lowest BCUT2D eigenvalue weighted by Crippen LogP contribution is -2.47.